The van der Waals surface area contributed by atoms with Crippen molar-refractivity contribution in [1.29, 1.82) is 0 Å². The van der Waals surface area contributed by atoms with Crippen LogP contribution in [0.2, 0.25) is 0 Å². The summed E-state index contributed by atoms with van der Waals surface area (Å²) in [7, 11) is 1.21. The van der Waals surface area contributed by atoms with Gasteiger partial charge in [-0.3, -0.25) is 9.36 Å². The van der Waals surface area contributed by atoms with Gasteiger partial charge in [-0.1, -0.05) is 278 Å². The molecule has 0 saturated heterocycles. The van der Waals surface area contributed by atoms with Gasteiger partial charge in [0.25, 0.3) is 7.82 Å². The molecule has 8 nitrogen and oxygen atoms in total. The molecule has 0 heterocycles. The van der Waals surface area contributed by atoms with Crippen LogP contribution in [-0.2, 0) is 18.4 Å². The molecule has 3 atom stereocenters. The van der Waals surface area contributed by atoms with Crippen LogP contribution in [0.1, 0.15) is 258 Å². The van der Waals surface area contributed by atoms with Crippen molar-refractivity contribution < 1.29 is 32.9 Å². The van der Waals surface area contributed by atoms with Gasteiger partial charge < -0.3 is 28.8 Å². The number of hydrogen-bond donors (Lipinski definition) is 2. The fourth-order valence-corrected chi connectivity index (χ4v) is 9.28. The van der Waals surface area contributed by atoms with Gasteiger partial charge in [-0.2, -0.15) is 0 Å². The summed E-state index contributed by atoms with van der Waals surface area (Å²) < 4.78 is 23.3. The molecule has 9 heteroatoms. The molecule has 2 N–H and O–H groups in total. The molecule has 3 unspecified atom stereocenters. The predicted octanol–water partition coefficient (Wildman–Crippen LogP) is 18.4. The van der Waals surface area contributed by atoms with Crippen LogP contribution in [0.3, 0.4) is 0 Å². The summed E-state index contributed by atoms with van der Waals surface area (Å²) in [6, 6.07) is -0.926. The second kappa shape index (κ2) is 55.2. The van der Waals surface area contributed by atoms with Gasteiger partial charge >= 0.3 is 0 Å². The minimum Gasteiger partial charge on any atom is -0.756 e. The quantitative estimate of drug-likeness (QED) is 0.0272. The zero-order valence-electron chi connectivity index (χ0n) is 48.8. The first kappa shape index (κ1) is 71.4. The summed E-state index contributed by atoms with van der Waals surface area (Å²) in [4.78, 5) is 25.5. The van der Waals surface area contributed by atoms with Crippen molar-refractivity contribution in [1.82, 2.24) is 5.32 Å². The zero-order valence-corrected chi connectivity index (χ0v) is 49.7. The van der Waals surface area contributed by atoms with Crippen molar-refractivity contribution in [2.75, 3.05) is 40.9 Å². The highest BCUT2D eigenvalue weighted by molar-refractivity contribution is 7.45. The number of nitrogens with one attached hydrogen (secondary N) is 1. The number of quaternary nitrogens is 1. The molecular formula is C65H117N2O6P. The number of aliphatic hydroxyl groups is 1. The van der Waals surface area contributed by atoms with E-state index in [2.05, 4.69) is 104 Å². The van der Waals surface area contributed by atoms with E-state index >= 15 is 0 Å². The van der Waals surface area contributed by atoms with E-state index in [4.69, 9.17) is 9.05 Å². The monoisotopic (exact) mass is 1050 g/mol. The number of allylic oxidation sites excluding steroid dienone is 15. The Bertz CT molecular complexity index is 1520. The third kappa shape index (κ3) is 57.1. The number of amides is 1. The van der Waals surface area contributed by atoms with Gasteiger partial charge in [0.15, 0.2) is 0 Å². The molecule has 0 spiro atoms. The second-order valence-corrected chi connectivity index (χ2v) is 23.1. The van der Waals surface area contributed by atoms with E-state index in [-0.39, 0.29) is 18.9 Å². The molecule has 0 saturated carbocycles. The fourth-order valence-electron chi connectivity index (χ4n) is 8.56. The Labute approximate surface area is 458 Å². The molecule has 0 bridgehead atoms. The molecule has 0 aliphatic heterocycles. The number of rotatable bonds is 55. The number of hydrogen-bond acceptors (Lipinski definition) is 6. The molecule has 0 fully saturated rings. The molecule has 1 amide bonds. The highest BCUT2D eigenvalue weighted by atomic mass is 31.2. The topological polar surface area (TPSA) is 108 Å². The Hall–Kier alpha value is -2.58. The summed E-state index contributed by atoms with van der Waals surface area (Å²) in [6.07, 6.45) is 79.4. The number of carbonyl (C=O) groups excluding carboxylic acids is 1. The molecule has 0 aromatic rings. The Morgan fingerprint density at radius 3 is 1.19 bits per heavy atom. The number of phosphoric ester groups is 1. The number of carbonyl (C=O) groups is 1. The van der Waals surface area contributed by atoms with E-state index in [1.807, 2.05) is 27.2 Å². The molecule has 0 aliphatic rings. The standard InChI is InChI=1S/C65H117N2O6P/c1-6-8-10-12-14-16-18-20-22-24-26-28-30-31-32-33-34-35-37-38-40-42-44-46-48-50-52-54-56-58-64(68)63(62-73-74(70,71)72-61-60-67(3,4)5)66-65(69)59-57-55-53-51-49-47-45-43-41-39-36-29-27-25-23-21-19-17-15-13-11-9-7-2/h9,11,15,17,21,23,27,29,39,41,45,47,51,53,56,58,63-64,68H,6-8,10,12-14,16,18-20,22,24-26,28,30-38,40,42-44,46,48-50,52,54-55,57,59-62H2,1-5H3,(H-,66,69,70,71)/b11-9-,17-15-,23-21-,29-27-,41-39-,47-45-,53-51-,58-56+. The van der Waals surface area contributed by atoms with Gasteiger partial charge in [0.05, 0.1) is 39.9 Å². The molecular weight excluding hydrogens is 936 g/mol. The van der Waals surface area contributed by atoms with Crippen molar-refractivity contribution >= 4 is 13.7 Å². The smallest absolute Gasteiger partial charge is 0.268 e. The summed E-state index contributed by atoms with van der Waals surface area (Å²) in [5, 5.41) is 13.9. The van der Waals surface area contributed by atoms with Crippen molar-refractivity contribution in [2.45, 2.75) is 270 Å². The maximum absolute atomic E-state index is 13.0. The SMILES string of the molecule is CC/C=C\C/C=C\C/C=C\C/C=C\C/C=C\C/C=C\C/C=C\CCCC(=O)NC(COP(=O)([O-])OCC[N+](C)(C)C)C(O)/C=C/CCCCCCCCCCCCCCCCCCCCCCCCCCCCC. The van der Waals surface area contributed by atoms with E-state index in [0.29, 0.717) is 17.4 Å². The molecule has 0 aromatic heterocycles. The van der Waals surface area contributed by atoms with Crippen LogP contribution >= 0.6 is 7.82 Å². The third-order valence-electron chi connectivity index (χ3n) is 13.3. The highest BCUT2D eigenvalue weighted by Gasteiger charge is 2.23. The molecule has 0 aliphatic carbocycles. The predicted molar refractivity (Wildman–Crippen MR) is 320 cm³/mol. The maximum atomic E-state index is 13.0. The van der Waals surface area contributed by atoms with Crippen LogP contribution in [0.5, 0.6) is 0 Å². The first-order valence-corrected chi connectivity index (χ1v) is 32.1. The van der Waals surface area contributed by atoms with Gasteiger partial charge in [0.2, 0.25) is 5.91 Å². The third-order valence-corrected chi connectivity index (χ3v) is 14.3. The summed E-state index contributed by atoms with van der Waals surface area (Å²) in [5.74, 6) is -0.256. The Kier molecular flexibility index (Phi) is 53.3. The first-order valence-electron chi connectivity index (χ1n) is 30.6. The Morgan fingerprint density at radius 1 is 0.486 bits per heavy atom. The van der Waals surface area contributed by atoms with Gasteiger partial charge in [-0.05, 0) is 70.6 Å². The number of likely N-dealkylation sites (N-methyl/N-ethyl adjacent to an activating group) is 1. The molecule has 0 radical (unpaired) electrons. The van der Waals surface area contributed by atoms with Gasteiger partial charge in [-0.25, -0.2) is 0 Å². The number of nitrogens with zero attached hydrogens (tertiary/aromatic N) is 1. The van der Waals surface area contributed by atoms with Gasteiger partial charge in [0, 0.05) is 6.42 Å². The van der Waals surface area contributed by atoms with Gasteiger partial charge in [0.1, 0.15) is 13.2 Å². The van der Waals surface area contributed by atoms with Crippen LogP contribution in [0.25, 0.3) is 0 Å². The maximum Gasteiger partial charge on any atom is 0.268 e. The fraction of sp³-hybridized carbons (Fsp3) is 0.738. The minimum atomic E-state index is -4.62. The van der Waals surface area contributed by atoms with Crippen molar-refractivity contribution in [3.8, 4) is 0 Å². The molecule has 0 aromatic carbocycles. The lowest BCUT2D eigenvalue weighted by molar-refractivity contribution is -0.870. The van der Waals surface area contributed by atoms with Crippen LogP contribution in [0.4, 0.5) is 0 Å². The van der Waals surface area contributed by atoms with Crippen LogP contribution in [0.15, 0.2) is 97.2 Å². The van der Waals surface area contributed by atoms with E-state index in [9.17, 15) is 19.4 Å². The average Bonchev–Trinajstić information content (AvgIpc) is 3.36. The summed E-state index contributed by atoms with van der Waals surface area (Å²) in [6.45, 7) is 4.50. The number of aliphatic hydroxyl groups excluding tert-OH is 1. The highest BCUT2D eigenvalue weighted by Crippen LogP contribution is 2.38. The normalized spacial score (nSPS) is 14.5. The largest absolute Gasteiger partial charge is 0.756 e. The minimum absolute atomic E-state index is 0.0168. The van der Waals surface area contributed by atoms with Gasteiger partial charge in [-0.15, -0.1) is 0 Å². The summed E-state index contributed by atoms with van der Waals surface area (Å²) >= 11 is 0. The molecule has 428 valence electrons. The van der Waals surface area contributed by atoms with E-state index in [1.54, 1.807) is 6.08 Å². The number of unbranched alkanes of at least 4 members (excludes halogenated alkanes) is 28. The molecule has 74 heavy (non-hydrogen) atoms. The zero-order chi connectivity index (χ0) is 54.2. The van der Waals surface area contributed by atoms with Crippen LogP contribution in [-0.4, -0.2) is 68.5 Å². The van der Waals surface area contributed by atoms with Crippen molar-refractivity contribution in [3.63, 3.8) is 0 Å². The van der Waals surface area contributed by atoms with Crippen molar-refractivity contribution in [2.24, 2.45) is 0 Å². The Morgan fingerprint density at radius 2 is 0.824 bits per heavy atom. The second-order valence-electron chi connectivity index (χ2n) is 21.7. The van der Waals surface area contributed by atoms with Crippen molar-refractivity contribution in [3.05, 3.63) is 97.2 Å². The van der Waals surface area contributed by atoms with Crippen LogP contribution < -0.4 is 10.2 Å². The summed E-state index contributed by atoms with van der Waals surface area (Å²) in [5.41, 5.74) is 0. The van der Waals surface area contributed by atoms with Crippen LogP contribution in [0, 0.1) is 0 Å². The first-order chi connectivity index (χ1) is 36.0. The molecule has 0 rings (SSSR count). The van der Waals surface area contributed by atoms with E-state index in [1.165, 1.54) is 161 Å². The lowest BCUT2D eigenvalue weighted by Gasteiger charge is -2.29. The van der Waals surface area contributed by atoms with E-state index in [0.717, 1.165) is 70.6 Å². The van der Waals surface area contributed by atoms with E-state index < -0.39 is 26.6 Å². The number of phosphoric acid groups is 1. The lowest BCUT2D eigenvalue weighted by Crippen LogP contribution is -2.45. The average molecular weight is 1050 g/mol. The Balaban J connectivity index is 4.26. The lowest BCUT2D eigenvalue weighted by atomic mass is 10.0.